The molecule has 2 heterocycles. The van der Waals surface area contributed by atoms with Crippen molar-refractivity contribution in [2.45, 2.75) is 33.5 Å². The van der Waals surface area contributed by atoms with Gasteiger partial charge in [-0.2, -0.15) is 5.10 Å². The van der Waals surface area contributed by atoms with E-state index >= 15 is 0 Å². The first-order valence-electron chi connectivity index (χ1n) is 8.44. The lowest BCUT2D eigenvalue weighted by atomic mass is 10.2. The van der Waals surface area contributed by atoms with Crippen molar-refractivity contribution in [3.63, 3.8) is 0 Å². The topological polar surface area (TPSA) is 69.3 Å². The Labute approximate surface area is 167 Å². The van der Waals surface area contributed by atoms with E-state index in [1.165, 1.54) is 0 Å². The van der Waals surface area contributed by atoms with Gasteiger partial charge in [0.25, 0.3) is 5.91 Å². The zero-order valence-electron chi connectivity index (χ0n) is 15.0. The summed E-state index contributed by atoms with van der Waals surface area (Å²) in [5.41, 5.74) is 1.86. The van der Waals surface area contributed by atoms with Gasteiger partial charge in [-0.15, -0.1) is 0 Å². The van der Waals surface area contributed by atoms with Crippen molar-refractivity contribution in [3.05, 3.63) is 69.4 Å². The van der Waals surface area contributed by atoms with E-state index in [0.717, 1.165) is 17.8 Å². The fraction of sp³-hybridized carbons (Fsp3) is 0.263. The van der Waals surface area contributed by atoms with Gasteiger partial charge >= 0.3 is 0 Å². The van der Waals surface area contributed by atoms with Gasteiger partial charge in [0, 0.05) is 29.9 Å². The molecule has 0 saturated carbocycles. The number of carbonyl (C=O) groups is 1. The maximum Gasteiger partial charge on any atom is 0.287 e. The van der Waals surface area contributed by atoms with Gasteiger partial charge in [0.2, 0.25) is 0 Å². The van der Waals surface area contributed by atoms with Crippen LogP contribution in [0.3, 0.4) is 0 Å². The maximum absolute atomic E-state index is 12.3. The predicted molar refractivity (Wildman–Crippen MR) is 103 cm³/mol. The van der Waals surface area contributed by atoms with Crippen LogP contribution in [0.15, 0.2) is 40.9 Å². The van der Waals surface area contributed by atoms with E-state index in [0.29, 0.717) is 28.1 Å². The maximum atomic E-state index is 12.3. The van der Waals surface area contributed by atoms with E-state index in [9.17, 15) is 4.79 Å². The van der Waals surface area contributed by atoms with Crippen molar-refractivity contribution < 1.29 is 13.9 Å². The summed E-state index contributed by atoms with van der Waals surface area (Å²) in [6.07, 6.45) is 1.92. The van der Waals surface area contributed by atoms with Gasteiger partial charge in [0.1, 0.15) is 18.1 Å². The molecule has 1 N–H and O–H groups in total. The number of benzene rings is 1. The molecule has 0 unspecified atom stereocenters. The molecule has 0 aliphatic rings. The van der Waals surface area contributed by atoms with Gasteiger partial charge in [-0.3, -0.25) is 9.48 Å². The smallest absolute Gasteiger partial charge is 0.287 e. The molecule has 0 bridgehead atoms. The van der Waals surface area contributed by atoms with Gasteiger partial charge in [-0.05, 0) is 44.2 Å². The number of ether oxygens (including phenoxy) is 1. The van der Waals surface area contributed by atoms with Crippen molar-refractivity contribution in [2.75, 3.05) is 0 Å². The molecule has 2 aromatic heterocycles. The molecular formula is C19H19Cl2N3O3. The number of carbonyl (C=O) groups excluding carboxylic acids is 1. The fourth-order valence-corrected chi connectivity index (χ4v) is 2.94. The largest absolute Gasteiger partial charge is 0.484 e. The second-order valence-electron chi connectivity index (χ2n) is 5.91. The van der Waals surface area contributed by atoms with E-state index in [1.807, 2.05) is 24.7 Å². The van der Waals surface area contributed by atoms with Crippen molar-refractivity contribution in [1.82, 2.24) is 15.1 Å². The van der Waals surface area contributed by atoms with Crippen molar-refractivity contribution in [3.8, 4) is 5.75 Å². The minimum atomic E-state index is -0.297. The molecule has 0 spiro atoms. The molecule has 27 heavy (non-hydrogen) atoms. The fourth-order valence-electron chi connectivity index (χ4n) is 2.48. The summed E-state index contributed by atoms with van der Waals surface area (Å²) < 4.78 is 13.0. The molecule has 0 aliphatic heterocycles. The van der Waals surface area contributed by atoms with Gasteiger partial charge in [-0.1, -0.05) is 23.2 Å². The van der Waals surface area contributed by atoms with Crippen LogP contribution in [0.2, 0.25) is 10.0 Å². The zero-order chi connectivity index (χ0) is 19.4. The first kappa shape index (κ1) is 19.3. The molecule has 0 fully saturated rings. The summed E-state index contributed by atoms with van der Waals surface area (Å²) in [6, 6.07) is 8.27. The Bertz CT molecular complexity index is 950. The number of nitrogens with one attached hydrogen (secondary N) is 1. The zero-order valence-corrected chi connectivity index (χ0v) is 16.5. The van der Waals surface area contributed by atoms with Crippen molar-refractivity contribution >= 4 is 29.1 Å². The monoisotopic (exact) mass is 407 g/mol. The van der Waals surface area contributed by atoms with Crippen molar-refractivity contribution in [1.29, 1.82) is 0 Å². The van der Waals surface area contributed by atoms with Gasteiger partial charge in [-0.25, -0.2) is 0 Å². The number of aryl methyl sites for hydroxylation is 2. The highest BCUT2D eigenvalue weighted by Gasteiger charge is 2.13. The van der Waals surface area contributed by atoms with Gasteiger partial charge in [0.05, 0.1) is 10.7 Å². The Morgan fingerprint density at radius 3 is 2.81 bits per heavy atom. The lowest BCUT2D eigenvalue weighted by Gasteiger charge is -2.06. The minimum absolute atomic E-state index is 0.150. The summed E-state index contributed by atoms with van der Waals surface area (Å²) >= 11 is 11.9. The summed E-state index contributed by atoms with van der Waals surface area (Å²) in [4.78, 5) is 12.3. The average molecular weight is 408 g/mol. The number of furan rings is 1. The first-order chi connectivity index (χ1) is 13.0. The minimum Gasteiger partial charge on any atom is -0.484 e. The SMILES string of the molecule is CCn1cc(CNC(=O)c2ccc(COc3ccc(Cl)cc3Cl)o2)c(C)n1. The Hall–Kier alpha value is -2.44. The molecular weight excluding hydrogens is 389 g/mol. The third-order valence-corrected chi connectivity index (χ3v) is 4.49. The summed E-state index contributed by atoms with van der Waals surface area (Å²) in [5, 5.41) is 8.13. The van der Waals surface area contributed by atoms with Crippen LogP contribution in [0.25, 0.3) is 0 Å². The molecule has 6 nitrogen and oxygen atoms in total. The summed E-state index contributed by atoms with van der Waals surface area (Å²) in [5.74, 6) is 0.929. The standard InChI is InChI=1S/C19H19Cl2N3O3/c1-3-24-10-13(12(2)23-24)9-22-19(25)18-7-5-15(27-18)11-26-17-6-4-14(20)8-16(17)21/h4-8,10H,3,9,11H2,1-2H3,(H,22,25). The molecule has 0 atom stereocenters. The summed E-state index contributed by atoms with van der Waals surface area (Å²) in [6.45, 7) is 5.25. The molecule has 142 valence electrons. The first-order valence-corrected chi connectivity index (χ1v) is 9.19. The molecule has 8 heteroatoms. The van der Waals surface area contributed by atoms with Crippen LogP contribution in [0.5, 0.6) is 5.75 Å². The molecule has 0 saturated heterocycles. The Kier molecular flexibility index (Phi) is 6.08. The Balaban J connectivity index is 1.56. The molecule has 3 aromatic rings. The third kappa shape index (κ3) is 4.84. The highest BCUT2D eigenvalue weighted by atomic mass is 35.5. The van der Waals surface area contributed by atoms with E-state index < -0.39 is 0 Å². The second-order valence-corrected chi connectivity index (χ2v) is 6.75. The number of hydrogen-bond acceptors (Lipinski definition) is 4. The highest BCUT2D eigenvalue weighted by Crippen LogP contribution is 2.28. The second kappa shape index (κ2) is 8.50. The number of rotatable bonds is 7. The highest BCUT2D eigenvalue weighted by molar-refractivity contribution is 6.35. The number of hydrogen-bond donors (Lipinski definition) is 1. The molecule has 1 amide bonds. The van der Waals surface area contributed by atoms with E-state index in [2.05, 4.69) is 10.4 Å². The van der Waals surface area contributed by atoms with Crippen LogP contribution in [-0.2, 0) is 19.7 Å². The van der Waals surface area contributed by atoms with Crippen molar-refractivity contribution in [2.24, 2.45) is 0 Å². The van der Waals surface area contributed by atoms with Gasteiger partial charge in [0.15, 0.2) is 5.76 Å². The third-order valence-electron chi connectivity index (χ3n) is 3.96. The van der Waals surface area contributed by atoms with E-state index in [-0.39, 0.29) is 18.3 Å². The number of aromatic nitrogens is 2. The normalized spacial score (nSPS) is 10.8. The van der Waals surface area contributed by atoms with Crippen LogP contribution in [0.4, 0.5) is 0 Å². The molecule has 0 radical (unpaired) electrons. The Morgan fingerprint density at radius 2 is 2.11 bits per heavy atom. The summed E-state index contributed by atoms with van der Waals surface area (Å²) in [7, 11) is 0. The molecule has 3 rings (SSSR count). The number of nitrogens with zero attached hydrogens (tertiary/aromatic N) is 2. The van der Waals surface area contributed by atoms with Crippen LogP contribution in [0, 0.1) is 6.92 Å². The van der Waals surface area contributed by atoms with Crippen LogP contribution >= 0.6 is 23.2 Å². The molecule has 1 aromatic carbocycles. The Morgan fingerprint density at radius 1 is 1.30 bits per heavy atom. The van der Waals surface area contributed by atoms with E-state index in [1.54, 1.807) is 30.3 Å². The predicted octanol–water partition coefficient (Wildman–Crippen LogP) is 4.62. The lowest BCUT2D eigenvalue weighted by molar-refractivity contribution is 0.0919. The van der Waals surface area contributed by atoms with Crippen LogP contribution < -0.4 is 10.1 Å². The van der Waals surface area contributed by atoms with E-state index in [4.69, 9.17) is 32.4 Å². The van der Waals surface area contributed by atoms with Crippen LogP contribution in [0.1, 0.15) is 34.5 Å². The van der Waals surface area contributed by atoms with Gasteiger partial charge < -0.3 is 14.5 Å². The lowest BCUT2D eigenvalue weighted by Crippen LogP contribution is -2.22. The molecule has 0 aliphatic carbocycles. The van der Waals surface area contributed by atoms with Crippen LogP contribution in [-0.4, -0.2) is 15.7 Å². The number of amides is 1. The quantitative estimate of drug-likeness (QED) is 0.620. The average Bonchev–Trinajstić information content (AvgIpc) is 3.25. The number of halogens is 2.